The van der Waals surface area contributed by atoms with Crippen LogP contribution in [0.1, 0.15) is 22.2 Å². The molecule has 0 atom stereocenters. The van der Waals surface area contributed by atoms with Crippen molar-refractivity contribution in [2.45, 2.75) is 6.29 Å². The predicted molar refractivity (Wildman–Crippen MR) is 51.4 cm³/mol. The van der Waals surface area contributed by atoms with Gasteiger partial charge < -0.3 is 24.8 Å². The lowest BCUT2D eigenvalue weighted by molar-refractivity contribution is -0.0443. The molecular weight excluding hydrogens is 216 g/mol. The first-order valence-corrected chi connectivity index (χ1v) is 4.62. The van der Waals surface area contributed by atoms with Gasteiger partial charge in [0.05, 0.1) is 13.2 Å². The molecule has 0 amide bonds. The van der Waals surface area contributed by atoms with Crippen LogP contribution in [0, 0.1) is 0 Å². The first kappa shape index (κ1) is 10.7. The molecule has 1 aliphatic heterocycles. The lowest BCUT2D eigenvalue weighted by Crippen LogP contribution is -2.02. The maximum absolute atomic E-state index is 10.7. The van der Waals surface area contributed by atoms with E-state index in [1.807, 2.05) is 0 Å². The van der Waals surface area contributed by atoms with Crippen molar-refractivity contribution in [1.82, 2.24) is 0 Å². The molecule has 1 saturated heterocycles. The highest BCUT2D eigenvalue weighted by atomic mass is 16.7. The molecule has 0 radical (unpaired) electrons. The fraction of sp³-hybridized carbons (Fsp3) is 0.300. The second kappa shape index (κ2) is 3.99. The van der Waals surface area contributed by atoms with E-state index in [2.05, 4.69) is 0 Å². The van der Waals surface area contributed by atoms with Crippen LogP contribution in [0.2, 0.25) is 0 Å². The Morgan fingerprint density at radius 1 is 1.19 bits per heavy atom. The highest BCUT2D eigenvalue weighted by Gasteiger charge is 2.23. The molecule has 1 heterocycles. The Kier molecular flexibility index (Phi) is 2.67. The number of hydrogen-bond donors (Lipinski definition) is 3. The topological polar surface area (TPSA) is 96.2 Å². The summed E-state index contributed by atoms with van der Waals surface area (Å²) in [5.41, 5.74) is -0.140. The Hall–Kier alpha value is -1.79. The second-order valence-corrected chi connectivity index (χ2v) is 3.31. The number of hydrogen-bond acceptors (Lipinski definition) is 5. The van der Waals surface area contributed by atoms with Crippen LogP contribution in [-0.4, -0.2) is 34.5 Å². The van der Waals surface area contributed by atoms with Crippen LogP contribution in [0.25, 0.3) is 0 Å². The molecule has 16 heavy (non-hydrogen) atoms. The Balaban J connectivity index is 2.40. The summed E-state index contributed by atoms with van der Waals surface area (Å²) in [5, 5.41) is 27.6. The largest absolute Gasteiger partial charge is 0.507 e. The van der Waals surface area contributed by atoms with Gasteiger partial charge in [0, 0.05) is 5.56 Å². The third-order valence-corrected chi connectivity index (χ3v) is 2.23. The number of ether oxygens (including phenoxy) is 2. The minimum absolute atomic E-state index is 0.387. The van der Waals surface area contributed by atoms with Crippen LogP contribution in [0.5, 0.6) is 11.5 Å². The number of benzene rings is 1. The number of phenols is 2. The van der Waals surface area contributed by atoms with E-state index in [0.29, 0.717) is 18.8 Å². The van der Waals surface area contributed by atoms with Crippen molar-refractivity contribution in [1.29, 1.82) is 0 Å². The van der Waals surface area contributed by atoms with E-state index in [9.17, 15) is 15.0 Å². The first-order valence-electron chi connectivity index (χ1n) is 4.62. The van der Waals surface area contributed by atoms with Crippen LogP contribution in [-0.2, 0) is 9.47 Å². The molecule has 86 valence electrons. The second-order valence-electron chi connectivity index (χ2n) is 3.31. The molecular formula is C10H10O6. The molecule has 1 fully saturated rings. The highest BCUT2D eigenvalue weighted by Crippen LogP contribution is 2.33. The molecule has 0 unspecified atom stereocenters. The van der Waals surface area contributed by atoms with Crippen LogP contribution in [0.15, 0.2) is 12.1 Å². The van der Waals surface area contributed by atoms with Gasteiger partial charge >= 0.3 is 5.97 Å². The molecule has 1 aromatic carbocycles. The number of rotatable bonds is 2. The zero-order valence-corrected chi connectivity index (χ0v) is 8.21. The fourth-order valence-corrected chi connectivity index (χ4v) is 1.54. The molecule has 2 rings (SSSR count). The Morgan fingerprint density at radius 2 is 1.69 bits per heavy atom. The monoisotopic (exact) mass is 226 g/mol. The van der Waals surface area contributed by atoms with Gasteiger partial charge in [-0.1, -0.05) is 0 Å². The van der Waals surface area contributed by atoms with Gasteiger partial charge in [-0.3, -0.25) is 0 Å². The summed E-state index contributed by atoms with van der Waals surface area (Å²) in [6.45, 7) is 0.847. The van der Waals surface area contributed by atoms with Gasteiger partial charge in [0.15, 0.2) is 6.29 Å². The van der Waals surface area contributed by atoms with E-state index < -0.39 is 29.3 Å². The number of carboxylic acid groups (broad SMARTS) is 1. The smallest absolute Gasteiger partial charge is 0.343 e. The van der Waals surface area contributed by atoms with Gasteiger partial charge in [0.25, 0.3) is 0 Å². The van der Waals surface area contributed by atoms with Crippen LogP contribution < -0.4 is 0 Å². The molecule has 1 aromatic rings. The zero-order chi connectivity index (χ0) is 11.7. The van der Waals surface area contributed by atoms with Gasteiger partial charge in [0.2, 0.25) is 0 Å². The van der Waals surface area contributed by atoms with Gasteiger partial charge in [-0.05, 0) is 12.1 Å². The summed E-state index contributed by atoms with van der Waals surface area (Å²) in [6, 6.07) is 2.42. The molecule has 0 aromatic heterocycles. The number of aromatic carboxylic acids is 1. The van der Waals surface area contributed by atoms with Gasteiger partial charge in [-0.15, -0.1) is 0 Å². The van der Waals surface area contributed by atoms with E-state index >= 15 is 0 Å². The van der Waals surface area contributed by atoms with E-state index in [0.717, 1.165) is 0 Å². The number of aromatic hydroxyl groups is 2. The Morgan fingerprint density at radius 3 is 2.12 bits per heavy atom. The van der Waals surface area contributed by atoms with Gasteiger partial charge in [-0.25, -0.2) is 4.79 Å². The van der Waals surface area contributed by atoms with E-state index in [1.165, 1.54) is 12.1 Å². The summed E-state index contributed by atoms with van der Waals surface area (Å²) in [7, 11) is 0. The average Bonchev–Trinajstić information content (AvgIpc) is 2.67. The summed E-state index contributed by atoms with van der Waals surface area (Å²) in [4.78, 5) is 10.7. The molecule has 1 aliphatic rings. The van der Waals surface area contributed by atoms with E-state index in [4.69, 9.17) is 14.6 Å². The van der Waals surface area contributed by atoms with Crippen molar-refractivity contribution in [2.75, 3.05) is 13.2 Å². The minimum Gasteiger partial charge on any atom is -0.507 e. The first-order chi connectivity index (χ1) is 7.59. The molecule has 0 spiro atoms. The molecule has 0 saturated carbocycles. The van der Waals surface area contributed by atoms with Crippen molar-refractivity contribution >= 4 is 5.97 Å². The summed E-state index contributed by atoms with van der Waals surface area (Å²) >= 11 is 0. The van der Waals surface area contributed by atoms with E-state index in [-0.39, 0.29) is 0 Å². The van der Waals surface area contributed by atoms with Crippen molar-refractivity contribution in [2.24, 2.45) is 0 Å². The number of carbonyl (C=O) groups is 1. The third kappa shape index (κ3) is 1.80. The van der Waals surface area contributed by atoms with Crippen molar-refractivity contribution in [3.63, 3.8) is 0 Å². The van der Waals surface area contributed by atoms with E-state index in [1.54, 1.807) is 0 Å². The minimum atomic E-state index is -1.39. The fourth-order valence-electron chi connectivity index (χ4n) is 1.54. The lowest BCUT2D eigenvalue weighted by atomic mass is 10.1. The quantitative estimate of drug-likeness (QED) is 0.691. The number of carboxylic acids is 1. The molecule has 0 bridgehead atoms. The maximum atomic E-state index is 10.7. The van der Waals surface area contributed by atoms with Crippen molar-refractivity contribution in [3.05, 3.63) is 23.3 Å². The molecule has 0 aliphatic carbocycles. The van der Waals surface area contributed by atoms with Crippen molar-refractivity contribution in [3.8, 4) is 11.5 Å². The standard InChI is InChI=1S/C10H10O6/c11-6-3-5(10-15-1-2-16-10)4-7(12)8(6)9(13)14/h3-4,10-12H,1-2H2,(H,13,14). The lowest BCUT2D eigenvalue weighted by Gasteiger charge is -2.11. The summed E-state index contributed by atoms with van der Waals surface area (Å²) in [6.07, 6.45) is -0.667. The maximum Gasteiger partial charge on any atom is 0.343 e. The molecule has 6 nitrogen and oxygen atoms in total. The third-order valence-electron chi connectivity index (χ3n) is 2.23. The Labute approximate surface area is 90.7 Å². The van der Waals surface area contributed by atoms with Gasteiger partial charge in [0.1, 0.15) is 17.1 Å². The molecule has 6 heteroatoms. The zero-order valence-electron chi connectivity index (χ0n) is 8.21. The summed E-state index contributed by atoms with van der Waals surface area (Å²) in [5.74, 6) is -2.42. The predicted octanol–water partition coefficient (Wildman–Crippen LogP) is 0.841. The average molecular weight is 226 g/mol. The van der Waals surface area contributed by atoms with Crippen molar-refractivity contribution < 1.29 is 29.6 Å². The van der Waals surface area contributed by atoms with Gasteiger partial charge in [-0.2, -0.15) is 0 Å². The summed E-state index contributed by atoms with van der Waals surface area (Å²) < 4.78 is 10.3. The van der Waals surface area contributed by atoms with Crippen LogP contribution >= 0.6 is 0 Å². The normalized spacial score (nSPS) is 16.5. The highest BCUT2D eigenvalue weighted by molar-refractivity contribution is 5.94. The molecule has 3 N–H and O–H groups in total. The van der Waals surface area contributed by atoms with Crippen LogP contribution in [0.3, 0.4) is 0 Å². The SMILES string of the molecule is O=C(O)c1c(O)cc(C2OCCO2)cc1O. The van der Waals surface area contributed by atoms with Crippen LogP contribution in [0.4, 0.5) is 0 Å². The Bertz CT molecular complexity index is 398.